The van der Waals surface area contributed by atoms with E-state index in [9.17, 15) is 5.11 Å². The number of unbranched alkanes of at least 4 members (excludes halogenated alkanes) is 1. The summed E-state index contributed by atoms with van der Waals surface area (Å²) < 4.78 is 16.5. The summed E-state index contributed by atoms with van der Waals surface area (Å²) in [6.07, 6.45) is 5.46. The van der Waals surface area contributed by atoms with Crippen molar-refractivity contribution in [1.29, 1.82) is 0 Å². The molecule has 0 unspecified atom stereocenters. The third-order valence-corrected chi connectivity index (χ3v) is 6.15. The lowest BCUT2D eigenvalue weighted by molar-refractivity contribution is 0.121. The van der Waals surface area contributed by atoms with Crippen molar-refractivity contribution in [3.05, 3.63) is 23.8 Å². The minimum absolute atomic E-state index is 0. The van der Waals surface area contributed by atoms with Crippen molar-refractivity contribution >= 4 is 24.8 Å². The zero-order valence-corrected chi connectivity index (χ0v) is 23.7. The molecule has 4 atom stereocenters. The first-order chi connectivity index (χ1) is 15.3. The highest BCUT2D eigenvalue weighted by atomic mass is 35.5. The van der Waals surface area contributed by atoms with Gasteiger partial charge in [0.25, 0.3) is 0 Å². The number of nitrogens with one attached hydrogen (secondary N) is 1. The maximum absolute atomic E-state index is 10.6. The maximum Gasteiger partial charge on any atom is 0.161 e. The Morgan fingerprint density at radius 2 is 1.74 bits per heavy atom. The summed E-state index contributed by atoms with van der Waals surface area (Å²) >= 11 is 0. The van der Waals surface area contributed by atoms with E-state index in [-0.39, 0.29) is 30.9 Å². The van der Waals surface area contributed by atoms with Crippen LogP contribution in [0.2, 0.25) is 0 Å². The second kappa shape index (κ2) is 20.4. The molecule has 34 heavy (non-hydrogen) atoms. The summed E-state index contributed by atoms with van der Waals surface area (Å²) in [5, 5.41) is 14.0. The van der Waals surface area contributed by atoms with E-state index in [1.165, 1.54) is 18.4 Å². The second-order valence-corrected chi connectivity index (χ2v) is 9.31. The third kappa shape index (κ3) is 14.0. The summed E-state index contributed by atoms with van der Waals surface area (Å²) in [5.41, 5.74) is 7.61. The van der Waals surface area contributed by atoms with Crippen molar-refractivity contribution in [1.82, 2.24) is 5.32 Å². The molecule has 0 aliphatic carbocycles. The molecule has 0 aliphatic rings. The minimum Gasteiger partial charge on any atom is -0.493 e. The molecule has 1 aromatic carbocycles. The second-order valence-electron chi connectivity index (χ2n) is 9.31. The predicted molar refractivity (Wildman–Crippen MR) is 147 cm³/mol. The van der Waals surface area contributed by atoms with Gasteiger partial charge in [-0.25, -0.2) is 0 Å². The van der Waals surface area contributed by atoms with Gasteiger partial charge >= 0.3 is 0 Å². The Kier molecular flexibility index (Phi) is 21.3. The van der Waals surface area contributed by atoms with Gasteiger partial charge in [-0.05, 0) is 55.7 Å². The SMILES string of the molecule is CCCC[C@@H](C)NC[C@H](O)[C@@H](N)C[C@H](Cc1ccc(OC)c(OCCCOC)c1)C(C)C.Cl.Cl. The van der Waals surface area contributed by atoms with Gasteiger partial charge < -0.3 is 30.4 Å². The average Bonchev–Trinajstić information content (AvgIpc) is 2.78. The molecule has 1 rings (SSSR count). The smallest absolute Gasteiger partial charge is 0.161 e. The van der Waals surface area contributed by atoms with Crippen LogP contribution in [0, 0.1) is 11.8 Å². The number of rotatable bonds is 18. The standard InChI is InChI=1S/C26H48N2O4.2ClH/c1-7-8-10-20(4)28-18-24(29)23(27)17-22(19(2)3)15-21-11-12-25(31-6)26(16-21)32-14-9-13-30-5;;/h11-12,16,19-20,22-24,28-29H,7-10,13-15,17-18,27H2,1-6H3;2*1H/t20-,22+,23+,24+;;/m1../s1. The van der Waals surface area contributed by atoms with E-state index in [0.717, 1.165) is 37.2 Å². The van der Waals surface area contributed by atoms with Gasteiger partial charge in [0.15, 0.2) is 11.5 Å². The zero-order chi connectivity index (χ0) is 23.9. The highest BCUT2D eigenvalue weighted by Gasteiger charge is 2.23. The molecule has 0 amide bonds. The quantitative estimate of drug-likeness (QED) is 0.234. The van der Waals surface area contributed by atoms with E-state index >= 15 is 0 Å². The molecule has 0 heterocycles. The van der Waals surface area contributed by atoms with Crippen molar-refractivity contribution < 1.29 is 19.3 Å². The highest BCUT2D eigenvalue weighted by molar-refractivity contribution is 5.85. The molecule has 0 aliphatic heterocycles. The Labute approximate surface area is 220 Å². The fourth-order valence-corrected chi connectivity index (χ4v) is 3.83. The Balaban J connectivity index is 0. The first-order valence-corrected chi connectivity index (χ1v) is 12.3. The van der Waals surface area contributed by atoms with Crippen molar-refractivity contribution in [2.24, 2.45) is 17.6 Å². The molecule has 0 fully saturated rings. The fraction of sp³-hybridized carbons (Fsp3) is 0.769. The van der Waals surface area contributed by atoms with Gasteiger partial charge in [0.05, 0.1) is 19.8 Å². The molecule has 0 aromatic heterocycles. The zero-order valence-electron chi connectivity index (χ0n) is 22.0. The summed E-state index contributed by atoms with van der Waals surface area (Å²) in [6.45, 7) is 10.6. The van der Waals surface area contributed by atoms with E-state index in [1.54, 1.807) is 14.2 Å². The van der Waals surface area contributed by atoms with Gasteiger partial charge in [0.2, 0.25) is 0 Å². The Bertz CT molecular complexity index is 622. The van der Waals surface area contributed by atoms with Crippen molar-refractivity contribution in [3.63, 3.8) is 0 Å². The third-order valence-electron chi connectivity index (χ3n) is 6.15. The van der Waals surface area contributed by atoms with Gasteiger partial charge in [-0.1, -0.05) is 39.7 Å². The first-order valence-electron chi connectivity index (χ1n) is 12.3. The number of ether oxygens (including phenoxy) is 3. The summed E-state index contributed by atoms with van der Waals surface area (Å²) in [7, 11) is 3.35. The summed E-state index contributed by atoms with van der Waals surface area (Å²) in [6, 6.07) is 6.28. The van der Waals surface area contributed by atoms with E-state index < -0.39 is 6.10 Å². The molecule has 0 saturated heterocycles. The molecule has 0 radical (unpaired) electrons. The van der Waals surface area contributed by atoms with Crippen molar-refractivity contribution in [2.75, 3.05) is 34.0 Å². The number of halogens is 2. The Hall–Kier alpha value is -0.760. The van der Waals surface area contributed by atoms with Crippen LogP contribution in [0.3, 0.4) is 0 Å². The predicted octanol–water partition coefficient (Wildman–Crippen LogP) is 5.02. The van der Waals surface area contributed by atoms with Gasteiger partial charge in [-0.2, -0.15) is 0 Å². The molecule has 0 saturated carbocycles. The van der Waals surface area contributed by atoms with E-state index in [0.29, 0.717) is 37.6 Å². The minimum atomic E-state index is -0.545. The molecule has 0 bridgehead atoms. The summed E-state index contributed by atoms with van der Waals surface area (Å²) in [4.78, 5) is 0. The number of methoxy groups -OCH3 is 2. The van der Waals surface area contributed by atoms with Crippen LogP contribution in [0.25, 0.3) is 0 Å². The van der Waals surface area contributed by atoms with Crippen LogP contribution in [0.1, 0.15) is 65.4 Å². The Morgan fingerprint density at radius 3 is 2.32 bits per heavy atom. The van der Waals surface area contributed by atoms with E-state index in [2.05, 4.69) is 45.1 Å². The lowest BCUT2D eigenvalue weighted by Crippen LogP contribution is -2.45. The van der Waals surface area contributed by atoms with Crippen molar-refractivity contribution in [3.8, 4) is 11.5 Å². The fourth-order valence-electron chi connectivity index (χ4n) is 3.83. The lowest BCUT2D eigenvalue weighted by atomic mass is 9.83. The number of hydrogen-bond donors (Lipinski definition) is 3. The number of benzene rings is 1. The maximum atomic E-state index is 10.6. The van der Waals surface area contributed by atoms with Crippen LogP contribution >= 0.6 is 24.8 Å². The van der Waals surface area contributed by atoms with Crippen LogP contribution in [-0.4, -0.2) is 57.3 Å². The van der Waals surface area contributed by atoms with Crippen LogP contribution in [-0.2, 0) is 11.2 Å². The van der Waals surface area contributed by atoms with Gasteiger partial charge in [-0.3, -0.25) is 0 Å². The summed E-state index contributed by atoms with van der Waals surface area (Å²) in [5.74, 6) is 2.32. The monoisotopic (exact) mass is 524 g/mol. The molecular weight excluding hydrogens is 475 g/mol. The van der Waals surface area contributed by atoms with E-state index in [1.807, 2.05) is 6.07 Å². The number of aliphatic hydroxyl groups excluding tert-OH is 1. The number of hydrogen-bond acceptors (Lipinski definition) is 6. The average molecular weight is 526 g/mol. The highest BCUT2D eigenvalue weighted by Crippen LogP contribution is 2.31. The topological polar surface area (TPSA) is 86.0 Å². The van der Waals surface area contributed by atoms with Crippen LogP contribution in [0.5, 0.6) is 11.5 Å². The van der Waals surface area contributed by atoms with Gasteiger partial charge in [-0.15, -0.1) is 24.8 Å². The Morgan fingerprint density at radius 1 is 1.03 bits per heavy atom. The normalized spacial score (nSPS) is 14.5. The van der Waals surface area contributed by atoms with Gasteiger partial charge in [0, 0.05) is 38.8 Å². The van der Waals surface area contributed by atoms with Gasteiger partial charge in [0.1, 0.15) is 0 Å². The van der Waals surface area contributed by atoms with Crippen molar-refractivity contribution in [2.45, 2.75) is 84.4 Å². The van der Waals surface area contributed by atoms with Crippen LogP contribution in [0.4, 0.5) is 0 Å². The largest absolute Gasteiger partial charge is 0.493 e. The lowest BCUT2D eigenvalue weighted by Gasteiger charge is -2.28. The molecule has 8 heteroatoms. The molecular formula is C26H50Cl2N2O4. The number of nitrogens with two attached hydrogens (primary N) is 1. The number of aliphatic hydroxyl groups is 1. The molecule has 6 nitrogen and oxygen atoms in total. The van der Waals surface area contributed by atoms with E-state index in [4.69, 9.17) is 19.9 Å². The van der Waals surface area contributed by atoms with Crippen LogP contribution < -0.4 is 20.5 Å². The molecule has 4 N–H and O–H groups in total. The van der Waals surface area contributed by atoms with Crippen LogP contribution in [0.15, 0.2) is 18.2 Å². The molecule has 0 spiro atoms. The molecule has 1 aromatic rings. The first kappa shape index (κ1) is 35.4. The molecule has 202 valence electrons.